The number of hydrogen-bond acceptors (Lipinski definition) is 3. The van der Waals surface area contributed by atoms with Crippen molar-refractivity contribution >= 4 is 23.2 Å². The van der Waals surface area contributed by atoms with E-state index < -0.39 is 0 Å². The van der Waals surface area contributed by atoms with E-state index in [4.69, 9.17) is 32.7 Å². The molecule has 3 atom stereocenters. The average molecular weight is 290 g/mol. The molecule has 18 heavy (non-hydrogen) atoms. The quantitative estimate of drug-likeness (QED) is 0.903. The van der Waals surface area contributed by atoms with Gasteiger partial charge in [0.1, 0.15) is 18.0 Å². The van der Waals surface area contributed by atoms with Crippen LogP contribution in [-0.4, -0.2) is 31.9 Å². The highest BCUT2D eigenvalue weighted by atomic mass is 35.5. The minimum atomic E-state index is 0.0496. The number of hydrogen-bond donors (Lipinski definition) is 1. The van der Waals surface area contributed by atoms with E-state index in [1.165, 1.54) is 0 Å². The van der Waals surface area contributed by atoms with Crippen LogP contribution in [0.2, 0.25) is 10.0 Å². The number of ether oxygens (including phenoxy) is 2. The van der Waals surface area contributed by atoms with Gasteiger partial charge in [-0.25, -0.2) is 0 Å². The van der Waals surface area contributed by atoms with Crippen LogP contribution >= 0.6 is 23.2 Å². The van der Waals surface area contributed by atoms with Crippen molar-refractivity contribution in [3.63, 3.8) is 0 Å². The molecule has 3 nitrogen and oxygen atoms in total. The van der Waals surface area contributed by atoms with Crippen LogP contribution in [0.5, 0.6) is 5.75 Å². The van der Waals surface area contributed by atoms with Gasteiger partial charge < -0.3 is 14.8 Å². The van der Waals surface area contributed by atoms with Gasteiger partial charge in [0.15, 0.2) is 0 Å². The van der Waals surface area contributed by atoms with Gasteiger partial charge in [0, 0.05) is 29.6 Å². The summed E-state index contributed by atoms with van der Waals surface area (Å²) in [7, 11) is 1.70. The fourth-order valence-electron chi connectivity index (χ4n) is 2.25. The van der Waals surface area contributed by atoms with E-state index in [0.717, 1.165) is 13.0 Å². The lowest BCUT2D eigenvalue weighted by atomic mass is 9.85. The van der Waals surface area contributed by atoms with E-state index in [-0.39, 0.29) is 12.2 Å². The van der Waals surface area contributed by atoms with Crippen molar-refractivity contribution in [2.75, 3.05) is 13.7 Å². The zero-order valence-electron chi connectivity index (χ0n) is 10.5. The average Bonchev–Trinajstić information content (AvgIpc) is 2.26. The first-order chi connectivity index (χ1) is 8.63. The molecular weight excluding hydrogens is 273 g/mol. The van der Waals surface area contributed by atoms with E-state index in [0.29, 0.717) is 21.8 Å². The van der Waals surface area contributed by atoms with Crippen LogP contribution in [0.15, 0.2) is 18.2 Å². The monoisotopic (exact) mass is 289 g/mol. The highest BCUT2D eigenvalue weighted by Crippen LogP contribution is 2.31. The summed E-state index contributed by atoms with van der Waals surface area (Å²) in [6, 6.07) is 5.58. The molecule has 1 fully saturated rings. The Morgan fingerprint density at radius 3 is 2.50 bits per heavy atom. The molecule has 1 aliphatic rings. The van der Waals surface area contributed by atoms with Crippen LogP contribution in [0.25, 0.3) is 0 Å². The molecule has 2 rings (SSSR count). The van der Waals surface area contributed by atoms with Crippen LogP contribution in [0, 0.1) is 0 Å². The Bertz CT molecular complexity index is 394. The minimum absolute atomic E-state index is 0.0496. The molecule has 0 bridgehead atoms. The second-order valence-corrected chi connectivity index (χ2v) is 5.23. The summed E-state index contributed by atoms with van der Waals surface area (Å²) in [6.07, 6.45) is 1.05. The Balaban J connectivity index is 1.98. The van der Waals surface area contributed by atoms with Gasteiger partial charge in [0.25, 0.3) is 0 Å². The lowest BCUT2D eigenvalue weighted by Crippen LogP contribution is -2.60. The van der Waals surface area contributed by atoms with Crippen LogP contribution in [0.3, 0.4) is 0 Å². The molecule has 1 aromatic rings. The van der Waals surface area contributed by atoms with E-state index >= 15 is 0 Å². The first-order valence-electron chi connectivity index (χ1n) is 6.03. The number of halogens is 2. The van der Waals surface area contributed by atoms with Gasteiger partial charge in [-0.15, -0.1) is 0 Å². The van der Waals surface area contributed by atoms with Gasteiger partial charge >= 0.3 is 0 Å². The molecule has 100 valence electrons. The normalized spacial score (nSPS) is 26.8. The van der Waals surface area contributed by atoms with Crippen LogP contribution in [0.1, 0.15) is 13.3 Å². The van der Waals surface area contributed by atoms with E-state index in [9.17, 15) is 0 Å². The van der Waals surface area contributed by atoms with Gasteiger partial charge in [-0.3, -0.25) is 0 Å². The summed E-state index contributed by atoms with van der Waals surface area (Å²) in [5.41, 5.74) is 0. The van der Waals surface area contributed by atoms with Crippen molar-refractivity contribution in [1.29, 1.82) is 0 Å². The molecule has 0 aliphatic heterocycles. The number of rotatable bonds is 5. The Hall–Kier alpha value is -0.480. The molecule has 0 amide bonds. The number of likely N-dealkylation sites (N-methyl/N-ethyl adjacent to an activating group) is 1. The molecule has 1 N–H and O–H groups in total. The molecule has 0 radical (unpaired) electrons. The lowest BCUT2D eigenvalue weighted by Gasteiger charge is -2.43. The Morgan fingerprint density at radius 1 is 1.28 bits per heavy atom. The Morgan fingerprint density at radius 2 is 1.94 bits per heavy atom. The molecule has 1 aromatic carbocycles. The van der Waals surface area contributed by atoms with E-state index in [1.807, 2.05) is 0 Å². The van der Waals surface area contributed by atoms with Gasteiger partial charge in [-0.2, -0.15) is 0 Å². The van der Waals surface area contributed by atoms with E-state index in [2.05, 4.69) is 12.2 Å². The molecule has 1 saturated carbocycles. The SMILES string of the molecule is CCNC1CC(Oc2cc(Cl)cc(Cl)c2)C1OC. The highest BCUT2D eigenvalue weighted by molar-refractivity contribution is 6.34. The lowest BCUT2D eigenvalue weighted by molar-refractivity contribution is -0.0883. The third kappa shape index (κ3) is 3.09. The molecule has 3 unspecified atom stereocenters. The summed E-state index contributed by atoms with van der Waals surface area (Å²) in [5.74, 6) is 0.689. The molecule has 1 aliphatic carbocycles. The summed E-state index contributed by atoms with van der Waals surface area (Å²) in [6.45, 7) is 3.01. The highest BCUT2D eigenvalue weighted by Gasteiger charge is 2.42. The maximum Gasteiger partial charge on any atom is 0.128 e. The molecular formula is C13H17Cl2NO2. The van der Waals surface area contributed by atoms with Gasteiger partial charge in [0.2, 0.25) is 0 Å². The predicted molar refractivity (Wildman–Crippen MR) is 73.8 cm³/mol. The fraction of sp³-hybridized carbons (Fsp3) is 0.538. The fourth-order valence-corrected chi connectivity index (χ4v) is 2.75. The first-order valence-corrected chi connectivity index (χ1v) is 6.78. The third-order valence-electron chi connectivity index (χ3n) is 3.11. The van der Waals surface area contributed by atoms with Crippen molar-refractivity contribution in [2.24, 2.45) is 0 Å². The predicted octanol–water partition coefficient (Wildman–Crippen LogP) is 3.14. The maximum atomic E-state index is 5.94. The standard InChI is InChI=1S/C13H17Cl2NO2/c1-3-16-11-7-12(13(11)17-2)18-10-5-8(14)4-9(15)6-10/h4-6,11-13,16H,3,7H2,1-2H3. The second-order valence-electron chi connectivity index (χ2n) is 4.36. The Kier molecular flexibility index (Phi) is 4.73. The smallest absolute Gasteiger partial charge is 0.128 e. The first kappa shape index (κ1) is 13.9. The van der Waals surface area contributed by atoms with Gasteiger partial charge in [0.05, 0.1) is 0 Å². The summed E-state index contributed by atoms with van der Waals surface area (Å²) < 4.78 is 11.3. The molecule has 0 spiro atoms. The molecule has 5 heteroatoms. The number of nitrogens with one attached hydrogen (secondary N) is 1. The molecule has 0 aromatic heterocycles. The van der Waals surface area contributed by atoms with E-state index in [1.54, 1.807) is 25.3 Å². The molecule has 0 saturated heterocycles. The summed E-state index contributed by atoms with van der Waals surface area (Å²) >= 11 is 11.9. The topological polar surface area (TPSA) is 30.5 Å². The second kappa shape index (κ2) is 6.11. The summed E-state index contributed by atoms with van der Waals surface area (Å²) in [4.78, 5) is 0. The van der Waals surface area contributed by atoms with Gasteiger partial charge in [-0.05, 0) is 24.7 Å². The maximum absolute atomic E-state index is 5.94. The van der Waals surface area contributed by atoms with Crippen molar-refractivity contribution < 1.29 is 9.47 Å². The largest absolute Gasteiger partial charge is 0.487 e. The minimum Gasteiger partial charge on any atom is -0.487 e. The summed E-state index contributed by atoms with van der Waals surface area (Å²) in [5, 5.41) is 4.52. The Labute approximate surface area is 117 Å². The third-order valence-corrected chi connectivity index (χ3v) is 3.55. The van der Waals surface area contributed by atoms with Crippen LogP contribution in [0.4, 0.5) is 0 Å². The number of methoxy groups -OCH3 is 1. The van der Waals surface area contributed by atoms with Crippen LogP contribution in [-0.2, 0) is 4.74 Å². The van der Waals surface area contributed by atoms with Crippen molar-refractivity contribution in [2.45, 2.75) is 31.6 Å². The van der Waals surface area contributed by atoms with Crippen molar-refractivity contribution in [1.82, 2.24) is 5.32 Å². The van der Waals surface area contributed by atoms with Crippen molar-refractivity contribution in [3.05, 3.63) is 28.2 Å². The van der Waals surface area contributed by atoms with Crippen LogP contribution < -0.4 is 10.1 Å². The van der Waals surface area contributed by atoms with Crippen molar-refractivity contribution in [3.8, 4) is 5.75 Å². The zero-order chi connectivity index (χ0) is 13.1. The number of benzene rings is 1. The van der Waals surface area contributed by atoms with Gasteiger partial charge in [-0.1, -0.05) is 30.1 Å². The molecule has 0 heterocycles. The zero-order valence-corrected chi connectivity index (χ0v) is 12.0.